The summed E-state index contributed by atoms with van der Waals surface area (Å²) in [5.41, 5.74) is 1.26. The second-order valence-corrected chi connectivity index (χ2v) is 8.90. The van der Waals surface area contributed by atoms with Crippen LogP contribution in [0.3, 0.4) is 0 Å². The molecule has 0 saturated carbocycles. The van der Waals surface area contributed by atoms with Crippen molar-refractivity contribution in [1.29, 1.82) is 0 Å². The molecule has 1 rings (SSSR count). The van der Waals surface area contributed by atoms with Crippen molar-refractivity contribution in [2.45, 2.75) is 86.5 Å². The second-order valence-electron chi connectivity index (χ2n) is 7.29. The zero-order valence-corrected chi connectivity index (χ0v) is 17.3. The number of aryl methyl sites for hydroxylation is 1. The van der Waals surface area contributed by atoms with Gasteiger partial charge in [-0.2, -0.15) is 0 Å². The molecule has 0 unspecified atom stereocenters. The zero-order valence-electron chi connectivity index (χ0n) is 16.4. The molecule has 0 aliphatic carbocycles. The molecule has 0 spiro atoms. The fraction of sp³-hybridized carbons (Fsp3) is 0.684. The van der Waals surface area contributed by atoms with E-state index in [1.165, 1.54) is 5.56 Å². The molecule has 0 N–H and O–H groups in total. The van der Waals surface area contributed by atoms with Gasteiger partial charge in [0.1, 0.15) is 5.75 Å². The van der Waals surface area contributed by atoms with E-state index in [0.29, 0.717) is 24.2 Å². The summed E-state index contributed by atoms with van der Waals surface area (Å²) in [6.45, 7) is 20.2. The lowest BCUT2D eigenvalue weighted by atomic mass is 10.2. The summed E-state index contributed by atoms with van der Waals surface area (Å²) in [5, 5.41) is 0. The van der Waals surface area contributed by atoms with Gasteiger partial charge in [-0.15, -0.1) is 0 Å². The first-order chi connectivity index (χ1) is 10.6. The molecule has 132 valence electrons. The molecule has 0 aliphatic rings. The molecule has 0 saturated heterocycles. The average Bonchev–Trinajstić information content (AvgIpc) is 2.39. The quantitative estimate of drug-likeness (QED) is 0.554. The van der Waals surface area contributed by atoms with Crippen LogP contribution in [0.5, 0.6) is 5.75 Å². The smallest absolute Gasteiger partial charge is 0.249 e. The number of nitrogens with zero attached hydrogens (tertiary/aromatic N) is 2. The molecule has 0 atom stereocenters. The third-order valence-corrected chi connectivity index (χ3v) is 6.73. The summed E-state index contributed by atoms with van der Waals surface area (Å²) in [7, 11) is -0.865. The van der Waals surface area contributed by atoms with Gasteiger partial charge in [0, 0.05) is 24.2 Å². The first kappa shape index (κ1) is 20.4. The first-order valence-electron chi connectivity index (χ1n) is 8.76. The van der Waals surface area contributed by atoms with E-state index < -0.39 is 8.45 Å². The lowest BCUT2D eigenvalue weighted by Gasteiger charge is -2.45. The highest BCUT2D eigenvalue weighted by molar-refractivity contribution is 7.47. The minimum Gasteiger partial charge on any atom is -0.444 e. The molecule has 1 aromatic carbocycles. The summed E-state index contributed by atoms with van der Waals surface area (Å²) in [5.74, 6) is 0.958. The van der Waals surface area contributed by atoms with Crippen molar-refractivity contribution in [2.24, 2.45) is 0 Å². The molecular formula is C19H35N2OP. The van der Waals surface area contributed by atoms with Gasteiger partial charge in [-0.1, -0.05) is 17.7 Å². The topological polar surface area (TPSA) is 15.7 Å². The van der Waals surface area contributed by atoms with Gasteiger partial charge in [0.15, 0.2) is 0 Å². The molecule has 23 heavy (non-hydrogen) atoms. The Balaban J connectivity index is 3.20. The Labute approximate surface area is 145 Å². The van der Waals surface area contributed by atoms with Crippen molar-refractivity contribution in [3.63, 3.8) is 0 Å². The normalized spacial score (nSPS) is 12.7. The van der Waals surface area contributed by atoms with Gasteiger partial charge in [0.05, 0.1) is 0 Å². The monoisotopic (exact) mass is 338 g/mol. The zero-order chi connectivity index (χ0) is 17.7. The van der Waals surface area contributed by atoms with Gasteiger partial charge in [0.2, 0.25) is 8.45 Å². The van der Waals surface area contributed by atoms with Crippen molar-refractivity contribution in [3.8, 4) is 5.75 Å². The van der Waals surface area contributed by atoms with Crippen LogP contribution in [0, 0.1) is 6.92 Å². The molecule has 0 bridgehead atoms. The maximum atomic E-state index is 6.56. The fourth-order valence-electron chi connectivity index (χ4n) is 2.89. The van der Waals surface area contributed by atoms with Crippen LogP contribution >= 0.6 is 8.45 Å². The maximum Gasteiger partial charge on any atom is 0.249 e. The SMILES string of the molecule is Cc1ccc(OP(N(C(C)C)C(C)C)N(C(C)C)C(C)C)cc1. The van der Waals surface area contributed by atoms with Crippen LogP contribution in [0.15, 0.2) is 24.3 Å². The third-order valence-electron chi connectivity index (χ3n) is 3.72. The van der Waals surface area contributed by atoms with Crippen LogP contribution in [0.4, 0.5) is 0 Å². The summed E-state index contributed by atoms with van der Waals surface area (Å²) in [6.07, 6.45) is 0. The van der Waals surface area contributed by atoms with Crippen molar-refractivity contribution in [2.75, 3.05) is 0 Å². The van der Waals surface area contributed by atoms with E-state index in [1.807, 2.05) is 0 Å². The Morgan fingerprint density at radius 3 is 1.35 bits per heavy atom. The van der Waals surface area contributed by atoms with E-state index in [1.54, 1.807) is 0 Å². The predicted molar refractivity (Wildman–Crippen MR) is 103 cm³/mol. The van der Waals surface area contributed by atoms with Crippen molar-refractivity contribution in [1.82, 2.24) is 9.34 Å². The largest absolute Gasteiger partial charge is 0.444 e. The molecule has 0 heterocycles. The van der Waals surface area contributed by atoms with Crippen molar-refractivity contribution in [3.05, 3.63) is 29.8 Å². The summed E-state index contributed by atoms with van der Waals surface area (Å²) < 4.78 is 11.6. The number of hydrogen-bond acceptors (Lipinski definition) is 3. The van der Waals surface area contributed by atoms with Gasteiger partial charge in [0.25, 0.3) is 0 Å². The summed E-state index contributed by atoms with van der Waals surface area (Å²) in [6, 6.07) is 10.2. The van der Waals surface area contributed by atoms with Crippen LogP contribution in [0.1, 0.15) is 61.0 Å². The highest BCUT2D eigenvalue weighted by Gasteiger charge is 2.35. The Hall–Kier alpha value is -0.630. The molecule has 4 heteroatoms. The molecule has 0 radical (unpaired) electrons. The third kappa shape index (κ3) is 5.74. The minimum atomic E-state index is -0.865. The van der Waals surface area contributed by atoms with Gasteiger partial charge in [-0.25, -0.2) is 9.34 Å². The summed E-state index contributed by atoms with van der Waals surface area (Å²) in [4.78, 5) is 0. The average molecular weight is 338 g/mol. The first-order valence-corrected chi connectivity index (χ1v) is 9.92. The van der Waals surface area contributed by atoms with Gasteiger partial charge < -0.3 is 4.52 Å². The maximum absolute atomic E-state index is 6.56. The molecule has 0 aromatic heterocycles. The predicted octanol–water partition coefficient (Wildman–Crippen LogP) is 5.84. The van der Waals surface area contributed by atoms with Gasteiger partial charge in [-0.05, 0) is 74.4 Å². The van der Waals surface area contributed by atoms with E-state index >= 15 is 0 Å². The highest BCUT2D eigenvalue weighted by Crippen LogP contribution is 2.50. The lowest BCUT2D eigenvalue weighted by Crippen LogP contribution is -2.44. The van der Waals surface area contributed by atoms with Gasteiger partial charge >= 0.3 is 0 Å². The van der Waals surface area contributed by atoms with Crippen LogP contribution in [-0.2, 0) is 0 Å². The molecular weight excluding hydrogens is 303 g/mol. The number of benzene rings is 1. The standard InChI is InChI=1S/C19H35N2OP/c1-14(2)20(15(3)4)23(21(16(5)6)17(7)8)22-19-12-10-18(9)11-13-19/h10-17H,1-9H3. The second kappa shape index (κ2) is 9.01. The van der Waals surface area contributed by atoms with E-state index in [2.05, 4.69) is 95.9 Å². The highest BCUT2D eigenvalue weighted by atomic mass is 31.2. The number of rotatable bonds is 8. The Bertz CT molecular complexity index is 421. The van der Waals surface area contributed by atoms with Crippen molar-refractivity contribution >= 4 is 8.45 Å². The molecule has 0 amide bonds. The fourth-order valence-corrected chi connectivity index (χ4v) is 5.21. The van der Waals surface area contributed by atoms with E-state index in [-0.39, 0.29) is 0 Å². The molecule has 1 aromatic rings. The number of hydrogen-bond donors (Lipinski definition) is 0. The van der Waals surface area contributed by atoms with Gasteiger partial charge in [-0.3, -0.25) is 0 Å². The molecule has 0 fully saturated rings. The van der Waals surface area contributed by atoms with Crippen LogP contribution in [-0.4, -0.2) is 33.5 Å². The Kier molecular flexibility index (Phi) is 8.00. The van der Waals surface area contributed by atoms with E-state index in [4.69, 9.17) is 4.52 Å². The van der Waals surface area contributed by atoms with E-state index in [0.717, 1.165) is 5.75 Å². The molecule has 0 aliphatic heterocycles. The Morgan fingerprint density at radius 1 is 0.696 bits per heavy atom. The van der Waals surface area contributed by atoms with Crippen molar-refractivity contribution < 1.29 is 4.52 Å². The van der Waals surface area contributed by atoms with Crippen LogP contribution < -0.4 is 4.52 Å². The lowest BCUT2D eigenvalue weighted by molar-refractivity contribution is 0.225. The Morgan fingerprint density at radius 2 is 1.04 bits per heavy atom. The minimum absolute atomic E-state index is 0.437. The van der Waals surface area contributed by atoms with E-state index in [9.17, 15) is 0 Å². The van der Waals surface area contributed by atoms with Crippen LogP contribution in [0.2, 0.25) is 0 Å². The van der Waals surface area contributed by atoms with Crippen LogP contribution in [0.25, 0.3) is 0 Å². The summed E-state index contributed by atoms with van der Waals surface area (Å²) >= 11 is 0. The molecule has 3 nitrogen and oxygen atoms in total.